The van der Waals surface area contributed by atoms with Crippen LogP contribution in [0.1, 0.15) is 16.7 Å². The molecule has 9 aromatic rings. The number of benzene rings is 7. The molecule has 0 radical (unpaired) electrons. The number of nitrogens with two attached hydrogens (primary N) is 1. The van der Waals surface area contributed by atoms with Gasteiger partial charge in [-0.3, -0.25) is 4.99 Å². The summed E-state index contributed by atoms with van der Waals surface area (Å²) in [5.74, 6) is 1.01. The van der Waals surface area contributed by atoms with E-state index < -0.39 is 0 Å². The van der Waals surface area contributed by atoms with E-state index in [1.165, 1.54) is 76.8 Å². The predicted octanol–water partition coefficient (Wildman–Crippen LogP) is -3.23. The van der Waals surface area contributed by atoms with E-state index in [4.69, 9.17) is 20.1 Å². The van der Waals surface area contributed by atoms with Crippen LogP contribution in [-0.4, -0.2) is 79.0 Å². The Hall–Kier alpha value is -6.20. The Morgan fingerprint density at radius 2 is 1.19 bits per heavy atom. The van der Waals surface area contributed by atoms with Crippen molar-refractivity contribution >= 4 is 162 Å². The SMILES string of the molecule is Bc1cc(B)c(-c2ccc3oc4cccc(C/N=C(\N=C(/N)c5ccccc5)c5ccccc5)c4c3c2)c(-n2c3c(B)cc(B)c(B)c3c3c(B)c(B)cc(B)c32)c1. The molecule has 270 valence electrons. The molecule has 9 rings (SSSR count). The van der Waals surface area contributed by atoms with Crippen LogP contribution in [0.15, 0.2) is 136 Å². The van der Waals surface area contributed by atoms with Gasteiger partial charge in [-0.15, -0.1) is 0 Å². The van der Waals surface area contributed by atoms with Crippen molar-refractivity contribution in [3.05, 3.63) is 138 Å². The molecule has 0 saturated heterocycles. The van der Waals surface area contributed by atoms with Gasteiger partial charge in [0, 0.05) is 32.9 Å². The molecular formula is C45H40B8N4O. The van der Waals surface area contributed by atoms with Gasteiger partial charge in [0.05, 0.1) is 12.2 Å². The van der Waals surface area contributed by atoms with Gasteiger partial charge in [0.2, 0.25) is 0 Å². The lowest BCUT2D eigenvalue weighted by Crippen LogP contribution is -2.33. The number of aliphatic imine (C=N–C) groups is 2. The van der Waals surface area contributed by atoms with Gasteiger partial charge >= 0.3 is 0 Å². The predicted molar refractivity (Wildman–Crippen MR) is 273 cm³/mol. The Morgan fingerprint density at radius 3 is 1.83 bits per heavy atom. The van der Waals surface area contributed by atoms with Crippen LogP contribution in [0.3, 0.4) is 0 Å². The first-order valence-corrected chi connectivity index (χ1v) is 20.1. The van der Waals surface area contributed by atoms with Crippen LogP contribution < -0.4 is 49.4 Å². The molecule has 0 aliphatic carbocycles. The third kappa shape index (κ3) is 6.25. The number of fused-ring (bicyclic) bond motifs is 6. The quantitative estimate of drug-likeness (QED) is 0.111. The molecule has 0 atom stereocenters. The van der Waals surface area contributed by atoms with E-state index in [-0.39, 0.29) is 0 Å². The first-order chi connectivity index (χ1) is 28.0. The average Bonchev–Trinajstić information content (AvgIpc) is 3.78. The van der Waals surface area contributed by atoms with E-state index in [0.717, 1.165) is 44.2 Å². The molecule has 2 heterocycles. The van der Waals surface area contributed by atoms with Gasteiger partial charge in [-0.1, -0.05) is 141 Å². The summed E-state index contributed by atoms with van der Waals surface area (Å²) in [5, 5.41) is 4.83. The molecule has 0 bridgehead atoms. The van der Waals surface area contributed by atoms with Crippen molar-refractivity contribution in [2.24, 2.45) is 15.7 Å². The van der Waals surface area contributed by atoms with Crippen LogP contribution in [-0.2, 0) is 6.54 Å². The highest BCUT2D eigenvalue weighted by Crippen LogP contribution is 2.37. The Balaban J connectivity index is 1.25. The monoisotopic (exact) mass is 740 g/mol. The maximum absolute atomic E-state index is 6.55. The van der Waals surface area contributed by atoms with Crippen molar-refractivity contribution in [3.8, 4) is 16.8 Å². The number of aromatic nitrogens is 1. The molecule has 2 aromatic heterocycles. The second-order valence-corrected chi connectivity index (χ2v) is 16.0. The number of hydrogen-bond acceptors (Lipinski definition) is 2. The first-order valence-electron chi connectivity index (χ1n) is 20.1. The lowest BCUT2D eigenvalue weighted by molar-refractivity contribution is 0.668. The van der Waals surface area contributed by atoms with Gasteiger partial charge in [-0.2, -0.15) is 0 Å². The minimum atomic E-state index is 0.401. The van der Waals surface area contributed by atoms with Crippen LogP contribution in [0.2, 0.25) is 0 Å². The molecule has 58 heavy (non-hydrogen) atoms. The summed E-state index contributed by atoms with van der Waals surface area (Å²) in [6.07, 6.45) is 0. The molecule has 5 nitrogen and oxygen atoms in total. The van der Waals surface area contributed by atoms with E-state index in [1.807, 2.05) is 72.8 Å². The van der Waals surface area contributed by atoms with Crippen molar-refractivity contribution in [1.82, 2.24) is 4.57 Å². The zero-order chi connectivity index (χ0) is 40.4. The maximum Gasteiger partial charge on any atom is 0.157 e. The molecule has 0 unspecified atom stereocenters. The molecule has 7 aromatic carbocycles. The van der Waals surface area contributed by atoms with E-state index in [2.05, 4.69) is 116 Å². The third-order valence-electron chi connectivity index (χ3n) is 12.0. The van der Waals surface area contributed by atoms with Crippen molar-refractivity contribution in [2.75, 3.05) is 0 Å². The normalized spacial score (nSPS) is 12.3. The van der Waals surface area contributed by atoms with E-state index in [1.54, 1.807) is 0 Å². The maximum atomic E-state index is 6.55. The number of furan rings is 1. The van der Waals surface area contributed by atoms with Gasteiger partial charge in [0.1, 0.15) is 79.8 Å². The second-order valence-electron chi connectivity index (χ2n) is 16.0. The summed E-state index contributed by atoms with van der Waals surface area (Å²) in [4.78, 5) is 9.98. The van der Waals surface area contributed by atoms with Crippen molar-refractivity contribution in [2.45, 2.75) is 6.54 Å². The summed E-state index contributed by atoms with van der Waals surface area (Å²) in [5.41, 5.74) is 27.5. The van der Waals surface area contributed by atoms with Crippen molar-refractivity contribution < 1.29 is 4.42 Å². The number of rotatable bonds is 6. The summed E-state index contributed by atoms with van der Waals surface area (Å²) in [7, 11) is 18.0. The van der Waals surface area contributed by atoms with Gasteiger partial charge in [-0.25, -0.2) is 4.99 Å². The summed E-state index contributed by atoms with van der Waals surface area (Å²) >= 11 is 0. The molecule has 0 aliphatic heterocycles. The zero-order valence-corrected chi connectivity index (χ0v) is 34.6. The largest absolute Gasteiger partial charge is 0.456 e. The van der Waals surface area contributed by atoms with Crippen LogP contribution >= 0.6 is 0 Å². The van der Waals surface area contributed by atoms with Crippen molar-refractivity contribution in [3.63, 3.8) is 0 Å². The Labute approximate surface area is 346 Å². The molecule has 0 saturated carbocycles. The number of amidine groups is 2. The smallest absolute Gasteiger partial charge is 0.157 e. The van der Waals surface area contributed by atoms with Crippen LogP contribution in [0.4, 0.5) is 0 Å². The fraction of sp³-hybridized carbons (Fsp3) is 0.0222. The molecule has 2 N–H and O–H groups in total. The van der Waals surface area contributed by atoms with Crippen LogP contribution in [0.5, 0.6) is 0 Å². The summed E-state index contributed by atoms with van der Waals surface area (Å²) in [6.45, 7) is 0.401. The first kappa shape index (κ1) is 37.4. The molecular weight excluding hydrogens is 699 g/mol. The Morgan fingerprint density at radius 1 is 0.569 bits per heavy atom. The fourth-order valence-corrected chi connectivity index (χ4v) is 9.10. The Kier molecular flexibility index (Phi) is 9.43. The number of hydrogen-bond donors (Lipinski definition) is 1. The molecule has 0 fully saturated rings. The minimum absolute atomic E-state index is 0.401. The Bertz CT molecular complexity index is 3120. The highest BCUT2D eigenvalue weighted by molar-refractivity contribution is 6.62. The van der Waals surface area contributed by atoms with Crippen molar-refractivity contribution in [1.29, 1.82) is 0 Å². The lowest BCUT2D eigenvalue weighted by Gasteiger charge is -2.20. The molecule has 0 spiro atoms. The topological polar surface area (TPSA) is 68.8 Å². The van der Waals surface area contributed by atoms with Gasteiger partial charge in [0.25, 0.3) is 0 Å². The van der Waals surface area contributed by atoms with Gasteiger partial charge < -0.3 is 14.7 Å². The van der Waals surface area contributed by atoms with Crippen LogP contribution in [0.25, 0.3) is 60.6 Å². The highest BCUT2D eigenvalue weighted by atomic mass is 16.3. The third-order valence-corrected chi connectivity index (χ3v) is 12.0. The summed E-state index contributed by atoms with van der Waals surface area (Å²) in [6, 6.07) is 42.1. The minimum Gasteiger partial charge on any atom is -0.456 e. The van der Waals surface area contributed by atoms with Crippen LogP contribution in [0, 0.1) is 0 Å². The second kappa shape index (κ2) is 14.6. The average molecular weight is 739 g/mol. The zero-order valence-electron chi connectivity index (χ0n) is 34.6. The standard InChI is InChI=1S/C45H40B8N4O/c46-26-17-28(47)37(33(18-26)57-42-31(50)19-29(48)40(52)38(42)39-41(53)30(49)20-32(51)43(39)57)24-14-15-34-27(16-24)36-25(12-7-13-35(36)58-34)21-55-45(23-10-5-2-6-11-23)56-44(54)22-8-3-1-4-9-22/h1-20H,21,46-53H2,(H2,54,55,56). The molecule has 0 aliphatic rings. The van der Waals surface area contributed by atoms with Gasteiger partial charge in [-0.05, 0) is 51.7 Å². The van der Waals surface area contributed by atoms with E-state index >= 15 is 0 Å². The lowest BCUT2D eigenvalue weighted by atomic mass is 9.71. The number of nitrogens with zero attached hydrogens (tertiary/aromatic N) is 3. The highest BCUT2D eigenvalue weighted by Gasteiger charge is 2.24. The molecule has 13 heteroatoms. The van der Waals surface area contributed by atoms with Gasteiger partial charge in [0.15, 0.2) is 5.84 Å². The van der Waals surface area contributed by atoms with E-state index in [9.17, 15) is 0 Å². The fourth-order valence-electron chi connectivity index (χ4n) is 9.10. The van der Waals surface area contributed by atoms with E-state index in [0.29, 0.717) is 18.2 Å². The summed E-state index contributed by atoms with van der Waals surface area (Å²) < 4.78 is 9.11. The molecule has 0 amide bonds.